The molecule has 0 spiro atoms. The minimum absolute atomic E-state index is 0.600. The third kappa shape index (κ3) is 6.52. The zero-order chi connectivity index (χ0) is 30.3. The summed E-state index contributed by atoms with van der Waals surface area (Å²) in [5, 5.41) is 3.48. The van der Waals surface area contributed by atoms with Crippen molar-refractivity contribution in [2.24, 2.45) is 0 Å². The minimum atomic E-state index is 0.600. The molecule has 0 aliphatic carbocycles. The fraction of sp³-hybridized carbons (Fsp3) is 0.263. The van der Waals surface area contributed by atoms with Crippen molar-refractivity contribution >= 4 is 21.7 Å². The molecule has 0 bridgehead atoms. The molecule has 224 valence electrons. The van der Waals surface area contributed by atoms with Gasteiger partial charge in [0.15, 0.2) is 0 Å². The second-order valence-corrected chi connectivity index (χ2v) is 11.2. The number of H-pyrrole nitrogens is 1. The van der Waals surface area contributed by atoms with Crippen LogP contribution in [-0.2, 0) is 13.0 Å². The molecule has 1 fully saturated rings. The summed E-state index contributed by atoms with van der Waals surface area (Å²) in [7, 11) is 2.20. The summed E-state index contributed by atoms with van der Waals surface area (Å²) >= 11 is 0. The number of nitrogens with zero attached hydrogens (tertiary/aromatic N) is 4. The highest BCUT2D eigenvalue weighted by molar-refractivity contribution is 5.97. The van der Waals surface area contributed by atoms with Gasteiger partial charge in [-0.1, -0.05) is 68.4 Å². The van der Waals surface area contributed by atoms with Gasteiger partial charge in [-0.3, -0.25) is 14.9 Å². The van der Waals surface area contributed by atoms with E-state index in [0.717, 1.165) is 66.9 Å². The lowest BCUT2D eigenvalue weighted by molar-refractivity contribution is 0.148. The van der Waals surface area contributed by atoms with Gasteiger partial charge in [0.1, 0.15) is 5.75 Å². The molecule has 1 N–H and O–H groups in total. The van der Waals surface area contributed by atoms with Gasteiger partial charge in [0, 0.05) is 97.5 Å². The van der Waals surface area contributed by atoms with Crippen molar-refractivity contribution in [2.75, 3.05) is 39.8 Å². The van der Waals surface area contributed by atoms with Gasteiger partial charge in [0.25, 0.3) is 0 Å². The molecule has 0 atom stereocenters. The smallest absolute Gasteiger partial charge is 0.127 e. The number of hydrogen-bond donors (Lipinski definition) is 1. The van der Waals surface area contributed by atoms with E-state index in [1.54, 1.807) is 0 Å². The maximum Gasteiger partial charge on any atom is 0.127 e. The summed E-state index contributed by atoms with van der Waals surface area (Å²) in [5.74, 6) is 0.922. The molecule has 6 heteroatoms. The second-order valence-electron chi connectivity index (χ2n) is 11.2. The summed E-state index contributed by atoms with van der Waals surface area (Å²) in [4.78, 5) is 17.0. The van der Waals surface area contributed by atoms with Crippen LogP contribution in [0.3, 0.4) is 0 Å². The lowest BCUT2D eigenvalue weighted by Crippen LogP contribution is -2.43. The fourth-order valence-electron chi connectivity index (χ4n) is 5.95. The predicted molar refractivity (Wildman–Crippen MR) is 182 cm³/mol. The number of pyridine rings is 2. The molecular weight excluding hydrogens is 542 g/mol. The highest BCUT2D eigenvalue weighted by atomic mass is 16.5. The first-order valence-electron chi connectivity index (χ1n) is 15.7. The summed E-state index contributed by atoms with van der Waals surface area (Å²) < 4.78 is 6.56. The number of benzene rings is 3. The first kappa shape index (κ1) is 29.5. The molecule has 3 aromatic heterocycles. The number of nitrogens with one attached hydrogen (secondary N) is 1. The molecule has 44 heavy (non-hydrogen) atoms. The highest BCUT2D eigenvalue weighted by Gasteiger charge is 2.17. The molecule has 1 aliphatic rings. The number of rotatable bonds is 8. The van der Waals surface area contributed by atoms with Gasteiger partial charge in [-0.25, -0.2) is 0 Å². The Morgan fingerprint density at radius 3 is 2.32 bits per heavy atom. The Hall–Kier alpha value is -4.52. The number of ether oxygens (including phenoxy) is 1. The molecule has 0 unspecified atom stereocenters. The van der Waals surface area contributed by atoms with E-state index >= 15 is 0 Å². The Labute approximate surface area is 260 Å². The van der Waals surface area contributed by atoms with Gasteiger partial charge in [0.2, 0.25) is 0 Å². The standard InChI is InChI=1S/C36H35N5O.C2H6/c1-40-16-18-41(19-17-40)25-27-7-10-31(33-24-39-35-12-15-38-23-34(33)35)36(21-27)42-20-13-26-5-8-29(9-6-26)30-4-2-3-28-11-14-37-22-32(28)30;1-2/h2-12,14-15,21-24,39H,13,16-20,25H2,1H3;1-2H3. The van der Waals surface area contributed by atoms with E-state index in [1.165, 1.54) is 33.0 Å². The SMILES string of the molecule is CC.CN1CCN(Cc2ccc(-c3c[nH]c4ccncc34)c(OCCc3ccc(-c4cccc5ccncc45)cc3)c2)CC1. The number of aromatic amines is 1. The molecular formula is C38H41N5O. The molecule has 6 aromatic rings. The molecule has 4 heterocycles. The molecule has 7 rings (SSSR count). The number of likely N-dealkylation sites (N-methyl/N-ethyl adjacent to an activating group) is 1. The van der Waals surface area contributed by atoms with Crippen LogP contribution in [0.15, 0.2) is 104 Å². The second kappa shape index (κ2) is 13.8. The van der Waals surface area contributed by atoms with Gasteiger partial charge < -0.3 is 14.6 Å². The number of fused-ring (bicyclic) bond motifs is 2. The summed E-state index contributed by atoms with van der Waals surface area (Å²) in [6.45, 7) is 9.94. The van der Waals surface area contributed by atoms with Crippen LogP contribution in [-0.4, -0.2) is 64.6 Å². The summed E-state index contributed by atoms with van der Waals surface area (Å²) in [5.41, 5.74) is 8.23. The molecule has 3 aromatic carbocycles. The maximum atomic E-state index is 6.56. The van der Waals surface area contributed by atoms with Crippen molar-refractivity contribution in [3.63, 3.8) is 0 Å². The van der Waals surface area contributed by atoms with E-state index < -0.39 is 0 Å². The monoisotopic (exact) mass is 583 g/mol. The molecule has 0 radical (unpaired) electrons. The Bertz CT molecular complexity index is 1810. The lowest BCUT2D eigenvalue weighted by atomic mass is 9.98. The largest absolute Gasteiger partial charge is 0.493 e. The molecule has 6 nitrogen and oxygen atoms in total. The zero-order valence-electron chi connectivity index (χ0n) is 26.0. The van der Waals surface area contributed by atoms with Crippen LogP contribution in [0.1, 0.15) is 25.0 Å². The van der Waals surface area contributed by atoms with Crippen LogP contribution in [0.2, 0.25) is 0 Å². The van der Waals surface area contributed by atoms with E-state index in [4.69, 9.17) is 4.74 Å². The highest BCUT2D eigenvalue weighted by Crippen LogP contribution is 2.36. The van der Waals surface area contributed by atoms with Crippen molar-refractivity contribution in [2.45, 2.75) is 26.8 Å². The average Bonchev–Trinajstić information content (AvgIpc) is 3.51. The number of aromatic nitrogens is 3. The number of hydrogen-bond acceptors (Lipinski definition) is 5. The fourth-order valence-corrected chi connectivity index (χ4v) is 5.95. The Kier molecular flexibility index (Phi) is 9.30. The zero-order valence-corrected chi connectivity index (χ0v) is 26.0. The van der Waals surface area contributed by atoms with Gasteiger partial charge >= 0.3 is 0 Å². The third-order valence-electron chi connectivity index (χ3n) is 8.42. The van der Waals surface area contributed by atoms with Gasteiger partial charge in [-0.15, -0.1) is 0 Å². The average molecular weight is 584 g/mol. The number of piperazine rings is 1. The Morgan fingerprint density at radius 1 is 0.750 bits per heavy atom. The Balaban J connectivity index is 0.00000168. The van der Waals surface area contributed by atoms with Crippen LogP contribution in [0, 0.1) is 0 Å². The van der Waals surface area contributed by atoms with Crippen LogP contribution in [0.25, 0.3) is 43.9 Å². The van der Waals surface area contributed by atoms with Crippen LogP contribution < -0.4 is 4.74 Å². The predicted octanol–water partition coefficient (Wildman–Crippen LogP) is 7.84. The van der Waals surface area contributed by atoms with Crippen molar-refractivity contribution in [1.29, 1.82) is 0 Å². The third-order valence-corrected chi connectivity index (χ3v) is 8.42. The summed E-state index contributed by atoms with van der Waals surface area (Å²) in [6.07, 6.45) is 10.4. The van der Waals surface area contributed by atoms with E-state index in [9.17, 15) is 0 Å². The quantitative estimate of drug-likeness (QED) is 0.198. The van der Waals surface area contributed by atoms with Gasteiger partial charge in [0.05, 0.1) is 6.61 Å². The van der Waals surface area contributed by atoms with Crippen LogP contribution in [0.5, 0.6) is 5.75 Å². The minimum Gasteiger partial charge on any atom is -0.493 e. The van der Waals surface area contributed by atoms with Crippen LogP contribution in [0.4, 0.5) is 0 Å². The van der Waals surface area contributed by atoms with Gasteiger partial charge in [-0.05, 0) is 52.9 Å². The first-order chi connectivity index (χ1) is 21.7. The van der Waals surface area contributed by atoms with Gasteiger partial charge in [-0.2, -0.15) is 0 Å². The maximum absolute atomic E-state index is 6.56. The normalized spacial score (nSPS) is 14.0. The summed E-state index contributed by atoms with van der Waals surface area (Å²) in [6, 6.07) is 26.0. The first-order valence-corrected chi connectivity index (χ1v) is 15.7. The Morgan fingerprint density at radius 2 is 1.50 bits per heavy atom. The van der Waals surface area contributed by atoms with Crippen molar-refractivity contribution in [1.82, 2.24) is 24.8 Å². The molecule has 1 saturated heterocycles. The van der Waals surface area contributed by atoms with Crippen molar-refractivity contribution in [3.8, 4) is 28.0 Å². The van der Waals surface area contributed by atoms with E-state index in [2.05, 4.69) is 105 Å². The molecule has 1 aliphatic heterocycles. The molecule has 0 amide bonds. The van der Waals surface area contributed by atoms with Crippen molar-refractivity contribution in [3.05, 3.63) is 115 Å². The van der Waals surface area contributed by atoms with E-state index in [-0.39, 0.29) is 0 Å². The lowest BCUT2D eigenvalue weighted by Gasteiger charge is -2.32. The molecule has 0 saturated carbocycles. The van der Waals surface area contributed by atoms with E-state index in [1.807, 2.05) is 44.7 Å². The van der Waals surface area contributed by atoms with Crippen LogP contribution >= 0.6 is 0 Å². The van der Waals surface area contributed by atoms with E-state index in [0.29, 0.717) is 6.61 Å². The topological polar surface area (TPSA) is 57.3 Å². The van der Waals surface area contributed by atoms with Crippen molar-refractivity contribution < 1.29 is 4.74 Å².